The van der Waals surface area contributed by atoms with E-state index in [1.54, 1.807) is 0 Å². The van der Waals surface area contributed by atoms with Crippen LogP contribution in [0.1, 0.15) is 59.3 Å². The molecular weight excluding hydrogens is 404 g/mol. The number of fused-ring (bicyclic) bond motifs is 1. The van der Waals surface area contributed by atoms with E-state index in [0.29, 0.717) is 11.8 Å². The van der Waals surface area contributed by atoms with Gasteiger partial charge in [-0.25, -0.2) is 0 Å². The van der Waals surface area contributed by atoms with Gasteiger partial charge in [-0.1, -0.05) is 39.0 Å². The molecule has 2 amide bonds. The molecule has 0 heterocycles. The summed E-state index contributed by atoms with van der Waals surface area (Å²) >= 11 is 0. The number of benzene rings is 1. The lowest BCUT2D eigenvalue weighted by Gasteiger charge is -2.56. The predicted molar refractivity (Wildman–Crippen MR) is 123 cm³/mol. The Morgan fingerprint density at radius 1 is 1.12 bits per heavy atom. The Kier molecular flexibility index (Phi) is 6.80. The summed E-state index contributed by atoms with van der Waals surface area (Å²) in [6.45, 7) is 6.37. The van der Waals surface area contributed by atoms with Crippen molar-refractivity contribution in [2.24, 2.45) is 29.1 Å². The molecule has 3 saturated carbocycles. The Morgan fingerprint density at radius 2 is 1.81 bits per heavy atom. The van der Waals surface area contributed by atoms with Gasteiger partial charge in [-0.2, -0.15) is 0 Å². The van der Waals surface area contributed by atoms with Gasteiger partial charge >= 0.3 is 0 Å². The monoisotopic (exact) mass is 442 g/mol. The van der Waals surface area contributed by atoms with Crippen molar-refractivity contribution in [1.82, 2.24) is 10.6 Å². The molecular formula is C26H38N2O4. The van der Waals surface area contributed by atoms with E-state index >= 15 is 0 Å². The van der Waals surface area contributed by atoms with Gasteiger partial charge in [0, 0.05) is 18.0 Å². The number of hydrogen-bond donors (Lipinski definition) is 3. The van der Waals surface area contributed by atoms with Crippen molar-refractivity contribution < 1.29 is 19.4 Å². The number of rotatable bonds is 7. The van der Waals surface area contributed by atoms with E-state index in [4.69, 9.17) is 4.74 Å². The zero-order valence-electron chi connectivity index (χ0n) is 19.5. The lowest BCUT2D eigenvalue weighted by molar-refractivity contribution is -0.144. The smallest absolute Gasteiger partial charge is 0.258 e. The molecule has 1 aromatic carbocycles. The maximum Gasteiger partial charge on any atom is 0.258 e. The van der Waals surface area contributed by atoms with E-state index in [1.165, 1.54) is 0 Å². The number of aliphatic hydroxyl groups excluding tert-OH is 1. The predicted octanol–water partition coefficient (Wildman–Crippen LogP) is 3.29. The molecule has 7 atom stereocenters. The van der Waals surface area contributed by atoms with Gasteiger partial charge < -0.3 is 20.5 Å². The first-order valence-electron chi connectivity index (χ1n) is 12.2. The van der Waals surface area contributed by atoms with E-state index in [0.717, 1.165) is 38.5 Å². The third-order valence-electron chi connectivity index (χ3n) is 8.33. The van der Waals surface area contributed by atoms with Gasteiger partial charge in [0.1, 0.15) is 5.75 Å². The van der Waals surface area contributed by atoms with Crippen LogP contribution in [0.2, 0.25) is 0 Å². The molecule has 0 radical (unpaired) electrons. The fourth-order valence-electron chi connectivity index (χ4n) is 6.17. The summed E-state index contributed by atoms with van der Waals surface area (Å²) in [5, 5.41) is 17.7. The van der Waals surface area contributed by atoms with Gasteiger partial charge in [-0.05, 0) is 73.8 Å². The van der Waals surface area contributed by atoms with Gasteiger partial charge in [0.05, 0.1) is 6.10 Å². The summed E-state index contributed by atoms with van der Waals surface area (Å²) in [6.07, 6.45) is 5.37. The molecule has 3 fully saturated rings. The van der Waals surface area contributed by atoms with Gasteiger partial charge in [-0.3, -0.25) is 9.59 Å². The van der Waals surface area contributed by atoms with Crippen LogP contribution in [-0.2, 0) is 9.59 Å². The summed E-state index contributed by atoms with van der Waals surface area (Å²) in [6, 6.07) is 9.68. The average molecular weight is 443 g/mol. The number of carbonyl (C=O) groups is 2. The lowest BCUT2D eigenvalue weighted by atomic mass is 9.51. The number of carbonyl (C=O) groups excluding carboxylic acids is 2. The molecule has 7 unspecified atom stereocenters. The molecule has 0 bridgehead atoms. The lowest BCUT2D eigenvalue weighted by Crippen LogP contribution is -2.59. The van der Waals surface area contributed by atoms with Crippen molar-refractivity contribution in [2.75, 3.05) is 6.61 Å². The standard InChI is InChI=1S/C26H38N2O4/c1-16(25(31)27-18-9-10-18)20-11-13-26(3)14-12-21(17(2)23(26)24(20)30)28-22(29)15-32-19-7-5-4-6-8-19/h4-8,16-18,20-21,23-24,30H,9-15H2,1-3H3,(H,27,31)(H,28,29). The molecule has 0 aliphatic heterocycles. The van der Waals surface area contributed by atoms with E-state index in [1.807, 2.05) is 37.3 Å². The third-order valence-corrected chi connectivity index (χ3v) is 8.33. The van der Waals surface area contributed by atoms with Crippen LogP contribution in [0.4, 0.5) is 0 Å². The highest BCUT2D eigenvalue weighted by Gasteiger charge is 2.54. The molecule has 32 heavy (non-hydrogen) atoms. The Balaban J connectivity index is 1.37. The van der Waals surface area contributed by atoms with Crippen LogP contribution in [-0.4, -0.2) is 41.7 Å². The molecule has 0 aromatic heterocycles. The minimum Gasteiger partial charge on any atom is -0.484 e. The van der Waals surface area contributed by atoms with Crippen LogP contribution >= 0.6 is 0 Å². The van der Waals surface area contributed by atoms with Crippen LogP contribution in [0.5, 0.6) is 5.75 Å². The summed E-state index contributed by atoms with van der Waals surface area (Å²) < 4.78 is 5.60. The molecule has 6 nitrogen and oxygen atoms in total. The Labute approximate surface area is 191 Å². The summed E-state index contributed by atoms with van der Waals surface area (Å²) in [7, 11) is 0. The van der Waals surface area contributed by atoms with E-state index in [9.17, 15) is 14.7 Å². The van der Waals surface area contributed by atoms with Crippen molar-refractivity contribution in [1.29, 1.82) is 0 Å². The fourth-order valence-corrected chi connectivity index (χ4v) is 6.17. The van der Waals surface area contributed by atoms with E-state index in [2.05, 4.69) is 24.5 Å². The molecule has 6 heteroatoms. The number of para-hydroxylation sites is 1. The average Bonchev–Trinajstić information content (AvgIpc) is 3.59. The second-order valence-corrected chi connectivity index (χ2v) is 10.6. The number of amides is 2. The molecule has 176 valence electrons. The number of nitrogens with one attached hydrogen (secondary N) is 2. The maximum absolute atomic E-state index is 12.7. The maximum atomic E-state index is 12.7. The highest BCUT2D eigenvalue weighted by atomic mass is 16.5. The highest BCUT2D eigenvalue weighted by Crippen LogP contribution is 2.55. The van der Waals surface area contributed by atoms with Crippen LogP contribution < -0.4 is 15.4 Å². The first kappa shape index (κ1) is 23.1. The van der Waals surface area contributed by atoms with Crippen molar-refractivity contribution in [3.05, 3.63) is 30.3 Å². The highest BCUT2D eigenvalue weighted by molar-refractivity contribution is 5.79. The minimum atomic E-state index is -0.538. The van der Waals surface area contributed by atoms with Crippen molar-refractivity contribution in [3.63, 3.8) is 0 Å². The molecule has 0 spiro atoms. The number of aliphatic hydroxyl groups is 1. The van der Waals surface area contributed by atoms with E-state index in [-0.39, 0.29) is 53.5 Å². The van der Waals surface area contributed by atoms with Gasteiger partial charge in [-0.15, -0.1) is 0 Å². The molecule has 0 saturated heterocycles. The Hall–Kier alpha value is -2.08. The molecule has 1 aromatic rings. The summed E-state index contributed by atoms with van der Waals surface area (Å²) in [5.74, 6) is 0.579. The van der Waals surface area contributed by atoms with Crippen LogP contribution in [0.15, 0.2) is 30.3 Å². The molecule has 3 aliphatic carbocycles. The van der Waals surface area contributed by atoms with Crippen molar-refractivity contribution in [3.8, 4) is 5.75 Å². The summed E-state index contributed by atoms with van der Waals surface area (Å²) in [5.41, 5.74) is 0.0454. The zero-order chi connectivity index (χ0) is 22.9. The van der Waals surface area contributed by atoms with Gasteiger partial charge in [0.15, 0.2) is 6.61 Å². The van der Waals surface area contributed by atoms with Crippen molar-refractivity contribution >= 4 is 11.8 Å². The second kappa shape index (κ2) is 9.42. The normalized spacial score (nSPS) is 35.3. The van der Waals surface area contributed by atoms with Gasteiger partial charge in [0.25, 0.3) is 5.91 Å². The quantitative estimate of drug-likeness (QED) is 0.605. The zero-order valence-corrected chi connectivity index (χ0v) is 19.5. The number of ether oxygens (including phenoxy) is 1. The largest absolute Gasteiger partial charge is 0.484 e. The Morgan fingerprint density at radius 3 is 2.50 bits per heavy atom. The van der Waals surface area contributed by atoms with Crippen LogP contribution in [0.25, 0.3) is 0 Å². The first-order valence-corrected chi connectivity index (χ1v) is 12.2. The van der Waals surface area contributed by atoms with Gasteiger partial charge in [0.2, 0.25) is 5.91 Å². The molecule has 3 N–H and O–H groups in total. The Bertz CT molecular complexity index is 811. The van der Waals surface area contributed by atoms with Crippen LogP contribution in [0, 0.1) is 29.1 Å². The van der Waals surface area contributed by atoms with E-state index < -0.39 is 6.10 Å². The topological polar surface area (TPSA) is 87.7 Å². The first-order chi connectivity index (χ1) is 15.3. The minimum absolute atomic E-state index is 0.00365. The summed E-state index contributed by atoms with van der Waals surface area (Å²) in [4.78, 5) is 25.2. The molecule has 3 aliphatic rings. The SMILES string of the molecule is CC(C(=O)NC1CC1)C1CCC2(C)CCC(NC(=O)COc3ccccc3)C(C)C2C1O. The van der Waals surface area contributed by atoms with Crippen molar-refractivity contribution in [2.45, 2.75) is 77.5 Å². The second-order valence-electron chi connectivity index (χ2n) is 10.6. The fraction of sp³-hybridized carbons (Fsp3) is 0.692. The number of hydrogen-bond acceptors (Lipinski definition) is 4. The van der Waals surface area contributed by atoms with Crippen LogP contribution in [0.3, 0.4) is 0 Å². The third kappa shape index (κ3) is 4.95. The molecule has 4 rings (SSSR count).